The highest BCUT2D eigenvalue weighted by molar-refractivity contribution is 5.33. The zero-order valence-electron chi connectivity index (χ0n) is 18.9. The summed E-state index contributed by atoms with van der Waals surface area (Å²) in [4.78, 5) is 24.7. The summed E-state index contributed by atoms with van der Waals surface area (Å²) in [6.45, 7) is 7.75. The molecular weight excluding hydrogens is 422 g/mol. The number of aliphatic hydroxyl groups is 1. The number of hydrogen-bond acceptors (Lipinski definition) is 8. The van der Waals surface area contributed by atoms with Crippen LogP contribution in [0.15, 0.2) is 42.7 Å². The van der Waals surface area contributed by atoms with Gasteiger partial charge in [0.05, 0.1) is 19.0 Å². The number of nitrogens with zero attached hydrogens (tertiary/aromatic N) is 5. The Kier molecular flexibility index (Phi) is 7.74. The van der Waals surface area contributed by atoms with E-state index in [2.05, 4.69) is 55.0 Å². The average Bonchev–Trinajstić information content (AvgIpc) is 2.80. The van der Waals surface area contributed by atoms with Crippen LogP contribution >= 0.6 is 0 Å². The normalized spacial score (nSPS) is 20.3. The lowest BCUT2D eigenvalue weighted by atomic mass is 9.60. The lowest BCUT2D eigenvalue weighted by Crippen LogP contribution is -2.67. The molecule has 0 unspecified atom stereocenters. The van der Waals surface area contributed by atoms with E-state index >= 15 is 0 Å². The first-order chi connectivity index (χ1) is 16.1. The van der Waals surface area contributed by atoms with Crippen molar-refractivity contribution in [2.24, 2.45) is 5.41 Å². The predicted octanol–water partition coefficient (Wildman–Crippen LogP) is 1.34. The molecule has 178 valence electrons. The Labute approximate surface area is 194 Å². The van der Waals surface area contributed by atoms with Crippen molar-refractivity contribution in [1.82, 2.24) is 19.8 Å². The molecule has 1 spiro atoms. The summed E-state index contributed by atoms with van der Waals surface area (Å²) in [6.07, 6.45) is 6.09. The first-order valence-corrected chi connectivity index (χ1v) is 11.5. The molecule has 3 aliphatic rings. The molecule has 0 bridgehead atoms. The minimum atomic E-state index is -0.250. The van der Waals surface area contributed by atoms with Gasteiger partial charge in [-0.2, -0.15) is 0 Å². The molecule has 1 aromatic carbocycles. The summed E-state index contributed by atoms with van der Waals surface area (Å²) in [6, 6.07) is 11.6. The fourth-order valence-electron chi connectivity index (χ4n) is 5.31. The number of anilines is 1. The van der Waals surface area contributed by atoms with Crippen LogP contribution in [-0.4, -0.2) is 95.0 Å². The van der Waals surface area contributed by atoms with E-state index in [1.807, 2.05) is 0 Å². The molecule has 5 rings (SSSR count). The van der Waals surface area contributed by atoms with E-state index in [1.54, 1.807) is 12.4 Å². The van der Waals surface area contributed by atoms with Crippen molar-refractivity contribution in [3.8, 4) is 5.75 Å². The maximum atomic E-state index is 8.82. The first-order valence-electron chi connectivity index (χ1n) is 11.5. The van der Waals surface area contributed by atoms with Crippen LogP contribution in [0.2, 0.25) is 0 Å². The molecule has 3 heterocycles. The van der Waals surface area contributed by atoms with Crippen LogP contribution in [-0.2, 0) is 11.3 Å². The minimum absolute atomic E-state index is 0.00276. The Bertz CT molecular complexity index is 860. The number of benzene rings is 1. The van der Waals surface area contributed by atoms with Gasteiger partial charge in [-0.1, -0.05) is 30.3 Å². The van der Waals surface area contributed by atoms with Gasteiger partial charge in [-0.05, 0) is 23.8 Å². The monoisotopic (exact) mass is 455 g/mol. The number of ether oxygens (including phenoxy) is 1. The van der Waals surface area contributed by atoms with Crippen molar-refractivity contribution < 1.29 is 19.7 Å². The van der Waals surface area contributed by atoms with Crippen molar-refractivity contribution in [3.05, 3.63) is 48.3 Å². The van der Waals surface area contributed by atoms with E-state index in [9.17, 15) is 0 Å². The summed E-state index contributed by atoms with van der Waals surface area (Å²) < 4.78 is 5.34. The van der Waals surface area contributed by atoms with Crippen LogP contribution < -0.4 is 9.64 Å². The van der Waals surface area contributed by atoms with Gasteiger partial charge in [0, 0.05) is 51.9 Å². The second kappa shape index (κ2) is 10.9. The number of piperazine rings is 1. The molecule has 9 heteroatoms. The molecule has 1 aromatic heterocycles. The highest BCUT2D eigenvalue weighted by Gasteiger charge is 2.53. The topological polar surface area (TPSA) is 102 Å². The third-order valence-corrected chi connectivity index (χ3v) is 6.79. The molecule has 2 N–H and O–H groups in total. The fourth-order valence-corrected chi connectivity index (χ4v) is 5.31. The summed E-state index contributed by atoms with van der Waals surface area (Å²) >= 11 is 0. The van der Waals surface area contributed by atoms with Gasteiger partial charge in [-0.15, -0.1) is 0 Å². The second-order valence-corrected chi connectivity index (χ2v) is 9.11. The van der Waals surface area contributed by atoms with Gasteiger partial charge >= 0.3 is 0 Å². The molecule has 0 atom stereocenters. The maximum absolute atomic E-state index is 8.82. The third-order valence-electron chi connectivity index (χ3n) is 6.79. The summed E-state index contributed by atoms with van der Waals surface area (Å²) in [5.74, 6) is 1.37. The van der Waals surface area contributed by atoms with Gasteiger partial charge in [0.2, 0.25) is 5.95 Å². The van der Waals surface area contributed by atoms with Crippen molar-refractivity contribution in [2.45, 2.75) is 25.4 Å². The molecule has 9 nitrogen and oxygen atoms in total. The van der Waals surface area contributed by atoms with Crippen LogP contribution in [0.1, 0.15) is 18.4 Å². The summed E-state index contributed by atoms with van der Waals surface area (Å²) in [7, 11) is 0. The molecule has 2 aromatic rings. The van der Waals surface area contributed by atoms with Crippen LogP contribution in [0, 0.1) is 5.41 Å². The molecule has 2 aliphatic heterocycles. The largest absolute Gasteiger partial charge is 0.488 e. The number of aromatic nitrogens is 2. The van der Waals surface area contributed by atoms with E-state index in [-0.39, 0.29) is 19.7 Å². The molecule has 0 amide bonds. The van der Waals surface area contributed by atoms with E-state index in [4.69, 9.17) is 19.7 Å². The summed E-state index contributed by atoms with van der Waals surface area (Å²) in [5, 5.41) is 15.7. The van der Waals surface area contributed by atoms with Crippen molar-refractivity contribution in [1.29, 1.82) is 0 Å². The number of carboxylic acid groups (broad SMARTS) is 1. The Hall–Kier alpha value is -2.75. The molecule has 33 heavy (non-hydrogen) atoms. The van der Waals surface area contributed by atoms with Crippen molar-refractivity contribution in [3.63, 3.8) is 0 Å². The smallest absolute Gasteiger partial charge is 0.290 e. The molecule has 0 radical (unpaired) electrons. The third kappa shape index (κ3) is 5.79. The zero-order chi connectivity index (χ0) is 23.1. The van der Waals surface area contributed by atoms with Gasteiger partial charge in [0.25, 0.3) is 6.47 Å². The lowest BCUT2D eigenvalue weighted by molar-refractivity contribution is -0.122. The Balaban J connectivity index is 0.000000821. The van der Waals surface area contributed by atoms with Crippen LogP contribution in [0.4, 0.5) is 5.95 Å². The van der Waals surface area contributed by atoms with E-state index < -0.39 is 0 Å². The number of rotatable bonds is 7. The predicted molar refractivity (Wildman–Crippen MR) is 124 cm³/mol. The maximum Gasteiger partial charge on any atom is 0.290 e. The molecule has 1 saturated carbocycles. The van der Waals surface area contributed by atoms with E-state index in [1.165, 1.54) is 31.5 Å². The van der Waals surface area contributed by atoms with Crippen LogP contribution in [0.3, 0.4) is 0 Å². The van der Waals surface area contributed by atoms with Gasteiger partial charge in [-0.25, -0.2) is 9.97 Å². The number of aliphatic hydroxyl groups excluding tert-OH is 1. The van der Waals surface area contributed by atoms with E-state index in [0.29, 0.717) is 11.2 Å². The van der Waals surface area contributed by atoms with Gasteiger partial charge < -0.3 is 19.8 Å². The SMILES string of the molecule is O=CO.OCCOc1cnc(N2CCN(C3CC4(C3)CN(Cc3ccccc3)C4)CC2)nc1. The summed E-state index contributed by atoms with van der Waals surface area (Å²) in [5.41, 5.74) is 2.01. The van der Waals surface area contributed by atoms with Gasteiger partial charge in [0.1, 0.15) is 6.61 Å². The quantitative estimate of drug-likeness (QED) is 0.599. The van der Waals surface area contributed by atoms with Crippen molar-refractivity contribution >= 4 is 12.4 Å². The Morgan fingerprint density at radius 1 is 1.06 bits per heavy atom. The van der Waals surface area contributed by atoms with Gasteiger partial charge in [0.15, 0.2) is 5.75 Å². The molecule has 1 aliphatic carbocycles. The second-order valence-electron chi connectivity index (χ2n) is 9.11. The zero-order valence-corrected chi connectivity index (χ0v) is 18.9. The highest BCUT2D eigenvalue weighted by Crippen LogP contribution is 2.50. The fraction of sp³-hybridized carbons (Fsp3) is 0.542. The number of carbonyl (C=O) groups is 1. The standard InChI is InChI=1S/C23H31N5O2.CH2O2/c29-10-11-30-21-14-24-22(25-15-21)28-8-6-27(7-9-28)20-12-23(13-20)17-26(18-23)16-19-4-2-1-3-5-19;2-1-3/h1-5,14-15,20,29H,6-13,16-18H2;1H,(H,2,3). The Morgan fingerprint density at radius 2 is 1.70 bits per heavy atom. The molecular formula is C24H33N5O4. The Morgan fingerprint density at radius 3 is 2.30 bits per heavy atom. The van der Waals surface area contributed by atoms with Crippen molar-refractivity contribution in [2.75, 3.05) is 57.4 Å². The van der Waals surface area contributed by atoms with E-state index in [0.717, 1.165) is 44.7 Å². The lowest BCUT2D eigenvalue weighted by Gasteiger charge is -2.62. The molecule has 3 fully saturated rings. The van der Waals surface area contributed by atoms with Crippen LogP contribution in [0.25, 0.3) is 0 Å². The number of likely N-dealkylation sites (tertiary alicyclic amines) is 1. The highest BCUT2D eigenvalue weighted by atomic mass is 16.5. The van der Waals surface area contributed by atoms with Crippen LogP contribution in [0.5, 0.6) is 5.75 Å². The first kappa shape index (κ1) is 23.4. The molecule has 2 saturated heterocycles. The average molecular weight is 456 g/mol. The number of hydrogen-bond donors (Lipinski definition) is 2. The van der Waals surface area contributed by atoms with Gasteiger partial charge in [-0.3, -0.25) is 14.6 Å². The minimum Gasteiger partial charge on any atom is -0.488 e.